The third-order valence-electron chi connectivity index (χ3n) is 4.03. The number of rotatable bonds is 3. The van der Waals surface area contributed by atoms with Crippen molar-refractivity contribution in [3.63, 3.8) is 0 Å². The van der Waals surface area contributed by atoms with Gasteiger partial charge in [0.05, 0.1) is 12.0 Å². The second-order valence-electron chi connectivity index (χ2n) is 5.34. The van der Waals surface area contributed by atoms with Gasteiger partial charge in [0.15, 0.2) is 0 Å². The van der Waals surface area contributed by atoms with Crippen molar-refractivity contribution in [3.8, 4) is 5.75 Å². The van der Waals surface area contributed by atoms with Crippen LogP contribution in [0.25, 0.3) is 0 Å². The number of nitrogens with zero attached hydrogens (tertiary/aromatic N) is 2. The van der Waals surface area contributed by atoms with E-state index < -0.39 is 6.04 Å². The zero-order chi connectivity index (χ0) is 16.4. The van der Waals surface area contributed by atoms with Gasteiger partial charge in [-0.1, -0.05) is 6.07 Å². The molecule has 1 unspecified atom stereocenters. The quantitative estimate of drug-likeness (QED) is 0.869. The first-order valence-electron chi connectivity index (χ1n) is 7.41. The molecule has 0 saturated carbocycles. The Morgan fingerprint density at radius 1 is 1.22 bits per heavy atom. The number of amides is 2. The summed E-state index contributed by atoms with van der Waals surface area (Å²) >= 11 is 1.40. The van der Waals surface area contributed by atoms with Gasteiger partial charge in [0.1, 0.15) is 11.8 Å². The Hall–Kier alpha value is -2.34. The van der Waals surface area contributed by atoms with Crippen LogP contribution in [-0.4, -0.2) is 43.0 Å². The molecule has 2 aromatic rings. The first-order chi connectivity index (χ1) is 11.1. The van der Waals surface area contributed by atoms with Gasteiger partial charge in [-0.3, -0.25) is 9.59 Å². The summed E-state index contributed by atoms with van der Waals surface area (Å²) in [7, 11) is 1.61. The molecule has 1 aromatic carbocycles. The minimum absolute atomic E-state index is 0.0636. The van der Waals surface area contributed by atoms with E-state index in [1.807, 2.05) is 35.7 Å². The zero-order valence-corrected chi connectivity index (χ0v) is 13.9. The summed E-state index contributed by atoms with van der Waals surface area (Å²) in [5, 5.41) is 1.87. The van der Waals surface area contributed by atoms with Crippen LogP contribution in [0, 0.1) is 0 Å². The van der Waals surface area contributed by atoms with Crippen molar-refractivity contribution in [1.29, 1.82) is 0 Å². The molecular weight excluding hydrogens is 312 g/mol. The van der Waals surface area contributed by atoms with Crippen molar-refractivity contribution in [1.82, 2.24) is 4.90 Å². The summed E-state index contributed by atoms with van der Waals surface area (Å²) in [5.41, 5.74) is 0.825. The van der Waals surface area contributed by atoms with Crippen LogP contribution in [0.4, 0.5) is 5.69 Å². The van der Waals surface area contributed by atoms with Crippen LogP contribution in [0.5, 0.6) is 5.75 Å². The van der Waals surface area contributed by atoms with E-state index in [4.69, 9.17) is 4.74 Å². The highest BCUT2D eigenvalue weighted by molar-refractivity contribution is 7.12. The highest BCUT2D eigenvalue weighted by atomic mass is 32.1. The molecule has 1 aromatic heterocycles. The highest BCUT2D eigenvalue weighted by Gasteiger charge is 2.35. The number of piperazine rings is 1. The maximum atomic E-state index is 12.7. The summed E-state index contributed by atoms with van der Waals surface area (Å²) in [5.74, 6) is 0.613. The number of hydrogen-bond acceptors (Lipinski definition) is 4. The van der Waals surface area contributed by atoms with E-state index in [0.717, 1.165) is 11.4 Å². The van der Waals surface area contributed by atoms with E-state index in [-0.39, 0.29) is 11.8 Å². The second kappa shape index (κ2) is 6.42. The molecule has 0 radical (unpaired) electrons. The van der Waals surface area contributed by atoms with Crippen LogP contribution in [0.2, 0.25) is 0 Å². The van der Waals surface area contributed by atoms with E-state index >= 15 is 0 Å². The van der Waals surface area contributed by atoms with Crippen molar-refractivity contribution in [2.45, 2.75) is 13.0 Å². The van der Waals surface area contributed by atoms with Crippen molar-refractivity contribution < 1.29 is 14.3 Å². The molecule has 1 atom stereocenters. The lowest BCUT2D eigenvalue weighted by atomic mass is 10.1. The minimum atomic E-state index is -0.472. The Bertz CT molecular complexity index is 697. The molecule has 0 bridgehead atoms. The molecule has 0 spiro atoms. The maximum Gasteiger partial charge on any atom is 0.264 e. The summed E-state index contributed by atoms with van der Waals surface area (Å²) in [6, 6.07) is 10.5. The van der Waals surface area contributed by atoms with Crippen LogP contribution in [0.3, 0.4) is 0 Å². The second-order valence-corrected chi connectivity index (χ2v) is 6.29. The molecule has 1 aliphatic heterocycles. The third kappa shape index (κ3) is 2.94. The number of carbonyl (C=O) groups is 2. The van der Waals surface area contributed by atoms with Crippen LogP contribution >= 0.6 is 11.3 Å². The SMILES string of the molecule is COc1ccc(N2CCN(C(=O)c3cccs3)C(C)C2=O)cc1. The number of thiophene rings is 1. The van der Waals surface area contributed by atoms with Gasteiger partial charge in [-0.05, 0) is 42.6 Å². The van der Waals surface area contributed by atoms with Crippen molar-refractivity contribution >= 4 is 28.8 Å². The van der Waals surface area contributed by atoms with Gasteiger partial charge in [-0.15, -0.1) is 11.3 Å². The Morgan fingerprint density at radius 2 is 1.96 bits per heavy atom. The molecule has 23 heavy (non-hydrogen) atoms. The predicted molar refractivity (Wildman–Crippen MR) is 90.2 cm³/mol. The smallest absolute Gasteiger partial charge is 0.264 e. The molecule has 2 heterocycles. The number of carbonyl (C=O) groups excluding carboxylic acids is 2. The molecule has 3 rings (SSSR count). The third-order valence-corrected chi connectivity index (χ3v) is 4.89. The van der Waals surface area contributed by atoms with Gasteiger partial charge in [0.25, 0.3) is 5.91 Å². The lowest BCUT2D eigenvalue weighted by molar-refractivity contribution is -0.124. The predicted octanol–water partition coefficient (Wildman–Crippen LogP) is 2.63. The molecule has 1 saturated heterocycles. The summed E-state index contributed by atoms with van der Waals surface area (Å²) in [6.07, 6.45) is 0. The Labute approximate surface area is 139 Å². The molecule has 1 aliphatic rings. The minimum Gasteiger partial charge on any atom is -0.497 e. The topological polar surface area (TPSA) is 49.9 Å². The average Bonchev–Trinajstić information content (AvgIpc) is 3.11. The molecule has 0 N–H and O–H groups in total. The molecule has 0 aliphatic carbocycles. The summed E-state index contributed by atoms with van der Waals surface area (Å²) in [4.78, 5) is 29.2. The van der Waals surface area contributed by atoms with Crippen LogP contribution in [-0.2, 0) is 4.79 Å². The number of methoxy groups -OCH3 is 1. The lowest BCUT2D eigenvalue weighted by Gasteiger charge is -2.39. The van der Waals surface area contributed by atoms with Crippen molar-refractivity contribution in [3.05, 3.63) is 46.7 Å². The molecular formula is C17H18N2O3S. The van der Waals surface area contributed by atoms with E-state index in [0.29, 0.717) is 18.0 Å². The van der Waals surface area contributed by atoms with Gasteiger partial charge in [-0.2, -0.15) is 0 Å². The van der Waals surface area contributed by atoms with E-state index in [2.05, 4.69) is 0 Å². The van der Waals surface area contributed by atoms with Gasteiger partial charge >= 0.3 is 0 Å². The van der Waals surface area contributed by atoms with Crippen molar-refractivity contribution in [2.75, 3.05) is 25.1 Å². The first kappa shape index (κ1) is 15.6. The fourth-order valence-electron chi connectivity index (χ4n) is 2.71. The Kier molecular flexibility index (Phi) is 4.34. The van der Waals surface area contributed by atoms with Crippen molar-refractivity contribution in [2.24, 2.45) is 0 Å². The molecule has 1 fully saturated rings. The zero-order valence-electron chi connectivity index (χ0n) is 13.1. The number of anilines is 1. The normalized spacial score (nSPS) is 18.2. The Morgan fingerprint density at radius 3 is 2.57 bits per heavy atom. The fraction of sp³-hybridized carbons (Fsp3) is 0.294. The molecule has 2 amide bonds. The van der Waals surface area contributed by atoms with Gasteiger partial charge in [0.2, 0.25) is 5.91 Å². The van der Waals surface area contributed by atoms with Crippen LogP contribution in [0.1, 0.15) is 16.6 Å². The standard InChI is InChI=1S/C17H18N2O3S/c1-12-16(20)19(13-5-7-14(22-2)8-6-13)10-9-18(12)17(21)15-4-3-11-23-15/h3-8,11-12H,9-10H2,1-2H3. The van der Waals surface area contributed by atoms with Gasteiger partial charge in [0, 0.05) is 18.8 Å². The fourth-order valence-corrected chi connectivity index (χ4v) is 3.39. The van der Waals surface area contributed by atoms with E-state index in [9.17, 15) is 9.59 Å². The maximum absolute atomic E-state index is 12.7. The van der Waals surface area contributed by atoms with E-state index in [1.165, 1.54) is 11.3 Å². The average molecular weight is 330 g/mol. The largest absolute Gasteiger partial charge is 0.497 e. The Balaban J connectivity index is 1.76. The van der Waals surface area contributed by atoms with Gasteiger partial charge in [-0.25, -0.2) is 0 Å². The summed E-state index contributed by atoms with van der Waals surface area (Å²) in [6.45, 7) is 2.80. The molecule has 6 heteroatoms. The lowest BCUT2D eigenvalue weighted by Crippen LogP contribution is -2.57. The van der Waals surface area contributed by atoms with E-state index in [1.54, 1.807) is 29.9 Å². The molecule has 5 nitrogen and oxygen atoms in total. The molecule has 120 valence electrons. The number of benzene rings is 1. The van der Waals surface area contributed by atoms with Crippen LogP contribution < -0.4 is 9.64 Å². The first-order valence-corrected chi connectivity index (χ1v) is 8.29. The highest BCUT2D eigenvalue weighted by Crippen LogP contribution is 2.24. The summed E-state index contributed by atoms with van der Waals surface area (Å²) < 4.78 is 5.14. The number of hydrogen-bond donors (Lipinski definition) is 0. The monoisotopic (exact) mass is 330 g/mol. The van der Waals surface area contributed by atoms with Crippen LogP contribution in [0.15, 0.2) is 41.8 Å². The number of ether oxygens (including phenoxy) is 1. The van der Waals surface area contributed by atoms with Gasteiger partial charge < -0.3 is 14.5 Å².